The minimum absolute atomic E-state index is 0.0225. The third-order valence-corrected chi connectivity index (χ3v) is 8.79. The molecular weight excluding hydrogens is 561 g/mol. The molecule has 2 aliphatic heterocycles. The number of alkyl halides is 3. The van der Waals surface area contributed by atoms with E-state index in [1.54, 1.807) is 18.5 Å². The molecule has 5 heterocycles. The second kappa shape index (κ2) is 11.6. The highest BCUT2D eigenvalue weighted by atomic mass is 19.4. The topological polar surface area (TPSA) is 85.8 Å². The zero-order chi connectivity index (χ0) is 30.5. The molecule has 0 N–H and O–H groups in total. The van der Waals surface area contributed by atoms with Gasteiger partial charge in [-0.1, -0.05) is 32.9 Å². The van der Waals surface area contributed by atoms with E-state index < -0.39 is 6.36 Å². The van der Waals surface area contributed by atoms with Crippen LogP contribution in [0.15, 0.2) is 30.6 Å². The van der Waals surface area contributed by atoms with E-state index in [4.69, 9.17) is 14.7 Å². The van der Waals surface area contributed by atoms with Gasteiger partial charge in [-0.2, -0.15) is 4.98 Å². The lowest BCUT2D eigenvalue weighted by Crippen LogP contribution is -2.59. The fourth-order valence-corrected chi connectivity index (χ4v) is 6.85. The largest absolute Gasteiger partial charge is 0.573 e. The quantitative estimate of drug-likeness (QED) is 0.261. The van der Waals surface area contributed by atoms with Crippen molar-refractivity contribution in [3.63, 3.8) is 0 Å². The second-order valence-electron chi connectivity index (χ2n) is 12.1. The number of fused-ring (bicyclic) bond motifs is 3. The summed E-state index contributed by atoms with van der Waals surface area (Å²) in [5.74, 6) is 2.24. The van der Waals surface area contributed by atoms with Crippen molar-refractivity contribution in [1.82, 2.24) is 34.0 Å². The van der Waals surface area contributed by atoms with Crippen LogP contribution >= 0.6 is 0 Å². The first-order valence-electron chi connectivity index (χ1n) is 15.1. The molecule has 2 aliphatic rings. The predicted octanol–water partition coefficient (Wildman–Crippen LogP) is 5.55. The van der Waals surface area contributed by atoms with Crippen LogP contribution < -0.4 is 9.64 Å². The lowest BCUT2D eigenvalue weighted by atomic mass is 9.90. The number of hydrogen-bond donors (Lipinski definition) is 0. The Morgan fingerprint density at radius 2 is 1.88 bits per heavy atom. The zero-order valence-electron chi connectivity index (χ0n) is 25.3. The van der Waals surface area contributed by atoms with Crippen molar-refractivity contribution < 1.29 is 22.6 Å². The molecular formula is C30H39F3N8O2. The van der Waals surface area contributed by atoms with Crippen molar-refractivity contribution in [2.45, 2.75) is 91.0 Å². The SMILES string of the molecule is CC[C@@H]1CN(c2nc3nncn3c3c2nc(C)n3C[C@@H]2CCCO2)[C@@H](C)CN1C(c1ccc(OC(F)(F)F)cc1)C(C)C. The van der Waals surface area contributed by atoms with Gasteiger partial charge in [-0.05, 0) is 56.7 Å². The monoisotopic (exact) mass is 600 g/mol. The van der Waals surface area contributed by atoms with Gasteiger partial charge >= 0.3 is 6.36 Å². The standard InChI is InChI=1S/C30H39F3N8O2/c1-6-22-15-38(19(4)14-40(22)26(18(2)3)21-9-11-23(12-10-21)43-30(31,32)33)27-25-28(41-17-34-37-29(41)36-27)39(20(5)35-25)16-24-8-7-13-42-24/h9-12,17-19,22,24,26H,6-8,13-16H2,1-5H3/t19-,22+,24-,26?/m0/s1. The van der Waals surface area contributed by atoms with Crippen LogP contribution in [0.1, 0.15) is 64.4 Å². The van der Waals surface area contributed by atoms with E-state index >= 15 is 0 Å². The molecule has 2 saturated heterocycles. The lowest BCUT2D eigenvalue weighted by molar-refractivity contribution is -0.274. The molecule has 0 saturated carbocycles. The minimum atomic E-state index is -4.72. The number of nitrogens with zero attached hydrogens (tertiary/aromatic N) is 8. The molecule has 13 heteroatoms. The van der Waals surface area contributed by atoms with Crippen LogP contribution in [-0.2, 0) is 11.3 Å². The lowest BCUT2D eigenvalue weighted by Gasteiger charge is -2.50. The summed E-state index contributed by atoms with van der Waals surface area (Å²) in [7, 11) is 0. The Balaban J connectivity index is 1.33. The van der Waals surface area contributed by atoms with Gasteiger partial charge in [-0.3, -0.25) is 4.90 Å². The Bertz CT molecular complexity index is 1560. The van der Waals surface area contributed by atoms with Crippen molar-refractivity contribution in [1.29, 1.82) is 0 Å². The summed E-state index contributed by atoms with van der Waals surface area (Å²) in [4.78, 5) is 14.8. The van der Waals surface area contributed by atoms with Gasteiger partial charge in [0.25, 0.3) is 5.78 Å². The molecule has 0 bridgehead atoms. The van der Waals surface area contributed by atoms with Crippen molar-refractivity contribution in [3.8, 4) is 5.75 Å². The smallest absolute Gasteiger partial charge is 0.406 e. The number of ether oxygens (including phenoxy) is 2. The summed E-state index contributed by atoms with van der Waals surface area (Å²) in [6, 6.07) is 6.60. The average molecular weight is 601 g/mol. The van der Waals surface area contributed by atoms with Crippen LogP contribution in [0.3, 0.4) is 0 Å². The molecule has 2 fully saturated rings. The van der Waals surface area contributed by atoms with Gasteiger partial charge in [0.2, 0.25) is 0 Å². The summed E-state index contributed by atoms with van der Waals surface area (Å²) in [6.07, 6.45) is 0.1000. The second-order valence-corrected chi connectivity index (χ2v) is 12.1. The molecule has 0 aliphatic carbocycles. The fourth-order valence-electron chi connectivity index (χ4n) is 6.85. The number of aryl methyl sites for hydroxylation is 1. The molecule has 1 aromatic carbocycles. The average Bonchev–Trinajstić information content (AvgIpc) is 3.70. The van der Waals surface area contributed by atoms with Crippen LogP contribution in [0.25, 0.3) is 16.9 Å². The summed E-state index contributed by atoms with van der Waals surface area (Å²) in [5.41, 5.74) is 2.71. The first kappa shape index (κ1) is 29.6. The summed E-state index contributed by atoms with van der Waals surface area (Å²) in [5, 5.41) is 8.48. The number of benzene rings is 1. The van der Waals surface area contributed by atoms with E-state index in [-0.39, 0.29) is 35.9 Å². The predicted molar refractivity (Wildman–Crippen MR) is 156 cm³/mol. The number of hydrogen-bond acceptors (Lipinski definition) is 8. The maximum atomic E-state index is 12.8. The van der Waals surface area contributed by atoms with Crippen LogP contribution in [0, 0.1) is 12.8 Å². The van der Waals surface area contributed by atoms with Crippen molar-refractivity contribution in [2.75, 3.05) is 24.6 Å². The maximum Gasteiger partial charge on any atom is 0.573 e. The van der Waals surface area contributed by atoms with Crippen molar-refractivity contribution >= 4 is 22.8 Å². The molecule has 4 aromatic rings. The van der Waals surface area contributed by atoms with Gasteiger partial charge in [0.1, 0.15) is 23.4 Å². The van der Waals surface area contributed by atoms with Crippen LogP contribution in [0.4, 0.5) is 19.0 Å². The number of aromatic nitrogens is 6. The van der Waals surface area contributed by atoms with Gasteiger partial charge in [0.15, 0.2) is 11.5 Å². The Morgan fingerprint density at radius 3 is 2.53 bits per heavy atom. The normalized spacial score (nSPS) is 22.7. The first-order chi connectivity index (χ1) is 20.5. The Labute approximate surface area is 248 Å². The summed E-state index contributed by atoms with van der Waals surface area (Å²) in [6.45, 7) is 13.7. The van der Waals surface area contributed by atoms with Gasteiger partial charge in [-0.25, -0.2) is 9.38 Å². The molecule has 4 atom stereocenters. The van der Waals surface area contributed by atoms with E-state index in [9.17, 15) is 13.2 Å². The molecule has 3 aromatic heterocycles. The van der Waals surface area contributed by atoms with Gasteiger partial charge in [0, 0.05) is 37.8 Å². The highest BCUT2D eigenvalue weighted by Crippen LogP contribution is 2.38. The van der Waals surface area contributed by atoms with Crippen LogP contribution in [-0.4, -0.2) is 78.3 Å². The third kappa shape index (κ3) is 5.76. The third-order valence-electron chi connectivity index (χ3n) is 8.79. The molecule has 1 unspecified atom stereocenters. The number of anilines is 1. The first-order valence-corrected chi connectivity index (χ1v) is 15.1. The minimum Gasteiger partial charge on any atom is -0.406 e. The molecule has 0 spiro atoms. The van der Waals surface area contributed by atoms with Crippen molar-refractivity contribution in [2.24, 2.45) is 5.92 Å². The van der Waals surface area contributed by atoms with Crippen LogP contribution in [0.2, 0.25) is 0 Å². The summed E-state index contributed by atoms with van der Waals surface area (Å²) < 4.78 is 52.5. The summed E-state index contributed by atoms with van der Waals surface area (Å²) >= 11 is 0. The van der Waals surface area contributed by atoms with Gasteiger partial charge in [0.05, 0.1) is 12.6 Å². The number of piperazine rings is 1. The van der Waals surface area contributed by atoms with E-state index in [0.29, 0.717) is 12.3 Å². The molecule has 6 rings (SSSR count). The van der Waals surface area contributed by atoms with Gasteiger partial charge in [-0.15, -0.1) is 23.4 Å². The Hall–Kier alpha value is -3.45. The van der Waals surface area contributed by atoms with Crippen LogP contribution in [0.5, 0.6) is 5.75 Å². The molecule has 10 nitrogen and oxygen atoms in total. The molecule has 0 amide bonds. The van der Waals surface area contributed by atoms with E-state index in [2.05, 4.69) is 57.0 Å². The van der Waals surface area contributed by atoms with Gasteiger partial charge < -0.3 is 18.9 Å². The number of imidazole rings is 1. The number of rotatable bonds is 8. The zero-order valence-corrected chi connectivity index (χ0v) is 25.3. The Kier molecular flexibility index (Phi) is 7.97. The fraction of sp³-hybridized carbons (Fsp3) is 0.600. The highest BCUT2D eigenvalue weighted by Gasteiger charge is 2.39. The molecule has 0 radical (unpaired) electrons. The van der Waals surface area contributed by atoms with Crippen molar-refractivity contribution in [3.05, 3.63) is 42.0 Å². The molecule has 232 valence electrons. The Morgan fingerprint density at radius 1 is 1.12 bits per heavy atom. The van der Waals surface area contributed by atoms with E-state index in [1.807, 2.05) is 11.3 Å². The molecule has 43 heavy (non-hydrogen) atoms. The van der Waals surface area contributed by atoms with E-state index in [1.165, 1.54) is 12.1 Å². The van der Waals surface area contributed by atoms with E-state index in [0.717, 1.165) is 67.3 Å². The highest BCUT2D eigenvalue weighted by molar-refractivity contribution is 5.87. The number of halogens is 3. The maximum absolute atomic E-state index is 12.8.